The predicted octanol–water partition coefficient (Wildman–Crippen LogP) is 1.76. The van der Waals surface area contributed by atoms with E-state index in [2.05, 4.69) is 5.32 Å². The molecule has 0 radical (unpaired) electrons. The molecule has 0 bridgehead atoms. The molecule has 4 heteroatoms. The van der Waals surface area contributed by atoms with E-state index in [1.807, 2.05) is 31.2 Å². The highest BCUT2D eigenvalue weighted by molar-refractivity contribution is 5.92. The normalized spacial score (nSPS) is 9.88. The summed E-state index contributed by atoms with van der Waals surface area (Å²) in [5.41, 5.74) is 6.06. The number of anilines is 1. The third kappa shape index (κ3) is 3.90. The SMILES string of the molecule is CCOc1ccccc1NC(=O)CCCN. The van der Waals surface area contributed by atoms with E-state index < -0.39 is 0 Å². The molecule has 0 aliphatic carbocycles. The number of ether oxygens (including phenoxy) is 1. The van der Waals surface area contributed by atoms with Gasteiger partial charge in [0.1, 0.15) is 5.75 Å². The second-order valence-corrected chi connectivity index (χ2v) is 3.37. The molecule has 88 valence electrons. The van der Waals surface area contributed by atoms with Crippen LogP contribution in [0.25, 0.3) is 0 Å². The van der Waals surface area contributed by atoms with Crippen LogP contribution in [-0.4, -0.2) is 19.1 Å². The third-order valence-corrected chi connectivity index (χ3v) is 2.07. The van der Waals surface area contributed by atoms with Crippen LogP contribution in [0.3, 0.4) is 0 Å². The number of nitrogens with one attached hydrogen (secondary N) is 1. The Morgan fingerprint density at radius 3 is 2.88 bits per heavy atom. The first kappa shape index (κ1) is 12.5. The van der Waals surface area contributed by atoms with Gasteiger partial charge in [-0.15, -0.1) is 0 Å². The minimum absolute atomic E-state index is 0.0300. The molecule has 16 heavy (non-hydrogen) atoms. The Morgan fingerprint density at radius 1 is 1.44 bits per heavy atom. The topological polar surface area (TPSA) is 64.3 Å². The van der Waals surface area contributed by atoms with E-state index in [0.29, 0.717) is 37.4 Å². The average Bonchev–Trinajstić information content (AvgIpc) is 2.29. The van der Waals surface area contributed by atoms with Gasteiger partial charge in [0.05, 0.1) is 12.3 Å². The molecule has 0 fully saturated rings. The molecule has 1 amide bonds. The van der Waals surface area contributed by atoms with Gasteiger partial charge in [-0.05, 0) is 32.0 Å². The van der Waals surface area contributed by atoms with Crippen LogP contribution in [0.2, 0.25) is 0 Å². The van der Waals surface area contributed by atoms with Crippen molar-refractivity contribution in [3.05, 3.63) is 24.3 Å². The minimum atomic E-state index is -0.0300. The molecule has 1 rings (SSSR count). The van der Waals surface area contributed by atoms with Gasteiger partial charge in [0.25, 0.3) is 0 Å². The maximum Gasteiger partial charge on any atom is 0.224 e. The van der Waals surface area contributed by atoms with Crippen LogP contribution in [0.4, 0.5) is 5.69 Å². The molecule has 0 spiro atoms. The van der Waals surface area contributed by atoms with E-state index >= 15 is 0 Å². The highest BCUT2D eigenvalue weighted by atomic mass is 16.5. The highest BCUT2D eigenvalue weighted by Gasteiger charge is 2.06. The Morgan fingerprint density at radius 2 is 2.19 bits per heavy atom. The summed E-state index contributed by atoms with van der Waals surface area (Å²) >= 11 is 0. The van der Waals surface area contributed by atoms with Gasteiger partial charge in [0, 0.05) is 6.42 Å². The number of carbonyl (C=O) groups excluding carboxylic acids is 1. The van der Waals surface area contributed by atoms with Crippen LogP contribution in [0.15, 0.2) is 24.3 Å². The van der Waals surface area contributed by atoms with E-state index in [-0.39, 0.29) is 5.91 Å². The van der Waals surface area contributed by atoms with Crippen molar-refractivity contribution in [1.29, 1.82) is 0 Å². The molecule has 0 saturated carbocycles. The Hall–Kier alpha value is -1.55. The lowest BCUT2D eigenvalue weighted by Gasteiger charge is -2.10. The first-order valence-corrected chi connectivity index (χ1v) is 5.49. The molecule has 0 aliphatic rings. The Labute approximate surface area is 95.8 Å². The van der Waals surface area contributed by atoms with Crippen LogP contribution in [0.5, 0.6) is 5.75 Å². The van der Waals surface area contributed by atoms with E-state index in [4.69, 9.17) is 10.5 Å². The van der Waals surface area contributed by atoms with Crippen molar-refractivity contribution < 1.29 is 9.53 Å². The smallest absolute Gasteiger partial charge is 0.224 e. The van der Waals surface area contributed by atoms with Gasteiger partial charge in [-0.3, -0.25) is 4.79 Å². The lowest BCUT2D eigenvalue weighted by atomic mass is 10.2. The number of nitrogens with two attached hydrogens (primary N) is 1. The molecule has 3 N–H and O–H groups in total. The first-order valence-electron chi connectivity index (χ1n) is 5.49. The largest absolute Gasteiger partial charge is 0.492 e. The third-order valence-electron chi connectivity index (χ3n) is 2.07. The number of hydrogen-bond donors (Lipinski definition) is 2. The predicted molar refractivity (Wildman–Crippen MR) is 64.5 cm³/mol. The van der Waals surface area contributed by atoms with Gasteiger partial charge in [0.15, 0.2) is 0 Å². The molecule has 4 nitrogen and oxygen atoms in total. The number of para-hydroxylation sites is 2. The van der Waals surface area contributed by atoms with Crippen molar-refractivity contribution in [2.75, 3.05) is 18.5 Å². The second-order valence-electron chi connectivity index (χ2n) is 3.37. The summed E-state index contributed by atoms with van der Waals surface area (Å²) in [5, 5.41) is 2.81. The van der Waals surface area contributed by atoms with Crippen LogP contribution in [0.1, 0.15) is 19.8 Å². The van der Waals surface area contributed by atoms with Gasteiger partial charge in [-0.1, -0.05) is 12.1 Å². The number of hydrogen-bond acceptors (Lipinski definition) is 3. The van der Waals surface area contributed by atoms with Crippen LogP contribution >= 0.6 is 0 Å². The molecule has 0 unspecified atom stereocenters. The summed E-state index contributed by atoms with van der Waals surface area (Å²) in [4.78, 5) is 11.5. The van der Waals surface area contributed by atoms with E-state index in [1.165, 1.54) is 0 Å². The number of benzene rings is 1. The first-order chi connectivity index (χ1) is 7.77. The lowest BCUT2D eigenvalue weighted by molar-refractivity contribution is -0.116. The van der Waals surface area contributed by atoms with E-state index in [1.54, 1.807) is 0 Å². The van der Waals surface area contributed by atoms with Crippen LogP contribution in [0, 0.1) is 0 Å². The second kappa shape index (κ2) is 6.85. The van der Waals surface area contributed by atoms with Gasteiger partial charge in [-0.2, -0.15) is 0 Å². The number of rotatable bonds is 6. The summed E-state index contributed by atoms with van der Waals surface area (Å²) in [6, 6.07) is 7.40. The van der Waals surface area contributed by atoms with E-state index in [0.717, 1.165) is 0 Å². The summed E-state index contributed by atoms with van der Waals surface area (Å²) < 4.78 is 5.40. The maximum absolute atomic E-state index is 11.5. The standard InChI is InChI=1S/C12H18N2O2/c1-2-16-11-7-4-3-6-10(11)14-12(15)8-5-9-13/h3-4,6-7H,2,5,8-9,13H2,1H3,(H,14,15). The number of amides is 1. The average molecular weight is 222 g/mol. The summed E-state index contributed by atoms with van der Waals surface area (Å²) in [7, 11) is 0. The van der Waals surface area contributed by atoms with Crippen molar-refractivity contribution in [3.63, 3.8) is 0 Å². The molecule has 0 aromatic heterocycles. The van der Waals surface area contributed by atoms with Crippen molar-refractivity contribution >= 4 is 11.6 Å². The van der Waals surface area contributed by atoms with Crippen molar-refractivity contribution in [2.24, 2.45) is 5.73 Å². The zero-order valence-corrected chi connectivity index (χ0v) is 9.53. The quantitative estimate of drug-likeness (QED) is 0.771. The highest BCUT2D eigenvalue weighted by Crippen LogP contribution is 2.23. The molecular weight excluding hydrogens is 204 g/mol. The molecular formula is C12H18N2O2. The fourth-order valence-electron chi connectivity index (χ4n) is 1.33. The molecule has 0 aliphatic heterocycles. The van der Waals surface area contributed by atoms with Gasteiger partial charge in [-0.25, -0.2) is 0 Å². The summed E-state index contributed by atoms with van der Waals surface area (Å²) in [5.74, 6) is 0.670. The Kier molecular flexibility index (Phi) is 5.36. The lowest BCUT2D eigenvalue weighted by Crippen LogP contribution is -2.14. The minimum Gasteiger partial charge on any atom is -0.492 e. The van der Waals surface area contributed by atoms with E-state index in [9.17, 15) is 4.79 Å². The molecule has 1 aromatic carbocycles. The van der Waals surface area contributed by atoms with Gasteiger partial charge < -0.3 is 15.8 Å². The molecule has 1 aromatic rings. The van der Waals surface area contributed by atoms with Crippen molar-refractivity contribution in [1.82, 2.24) is 0 Å². The zero-order valence-electron chi connectivity index (χ0n) is 9.53. The van der Waals surface area contributed by atoms with Crippen LogP contribution in [-0.2, 0) is 4.79 Å². The Balaban J connectivity index is 2.61. The van der Waals surface area contributed by atoms with Crippen molar-refractivity contribution in [3.8, 4) is 5.75 Å². The Bertz CT molecular complexity index is 340. The molecule has 0 saturated heterocycles. The zero-order chi connectivity index (χ0) is 11.8. The molecule has 0 atom stereocenters. The van der Waals surface area contributed by atoms with Crippen molar-refractivity contribution in [2.45, 2.75) is 19.8 Å². The fraction of sp³-hybridized carbons (Fsp3) is 0.417. The van der Waals surface area contributed by atoms with Gasteiger partial charge in [0.2, 0.25) is 5.91 Å². The summed E-state index contributed by atoms with van der Waals surface area (Å²) in [6.07, 6.45) is 1.14. The monoisotopic (exact) mass is 222 g/mol. The summed E-state index contributed by atoms with van der Waals surface area (Å²) in [6.45, 7) is 3.02. The molecule has 0 heterocycles. The number of carbonyl (C=O) groups is 1. The van der Waals surface area contributed by atoms with Crippen LogP contribution < -0.4 is 15.8 Å². The van der Waals surface area contributed by atoms with Gasteiger partial charge >= 0.3 is 0 Å². The maximum atomic E-state index is 11.5. The fourth-order valence-corrected chi connectivity index (χ4v) is 1.33.